The van der Waals surface area contributed by atoms with Gasteiger partial charge in [0, 0.05) is 22.2 Å². The number of carbonyl (C=O) groups excluding carboxylic acids is 2. The molecule has 0 aliphatic carbocycles. The first-order chi connectivity index (χ1) is 16.1. The summed E-state index contributed by atoms with van der Waals surface area (Å²) in [5, 5.41) is 3.92. The van der Waals surface area contributed by atoms with Gasteiger partial charge in [-0.3, -0.25) is 14.3 Å². The Morgan fingerprint density at radius 1 is 1.12 bits per heavy atom. The first-order valence-electron chi connectivity index (χ1n) is 10.0. The van der Waals surface area contributed by atoms with Gasteiger partial charge >= 0.3 is 5.97 Å². The molecule has 4 rings (SSSR count). The molecule has 1 N–H and O–H groups in total. The van der Waals surface area contributed by atoms with Gasteiger partial charge in [0.15, 0.2) is 6.10 Å². The third-order valence-corrected chi connectivity index (χ3v) is 7.41. The van der Waals surface area contributed by atoms with Crippen LogP contribution in [0.3, 0.4) is 0 Å². The van der Waals surface area contributed by atoms with Gasteiger partial charge < -0.3 is 10.1 Å². The highest BCUT2D eigenvalue weighted by Gasteiger charge is 2.26. The van der Waals surface area contributed by atoms with Crippen LogP contribution in [0.4, 0.5) is 5.69 Å². The third kappa shape index (κ3) is 4.34. The second-order valence-electron chi connectivity index (χ2n) is 7.48. The summed E-state index contributed by atoms with van der Waals surface area (Å²) in [6, 6.07) is 12.2. The molecule has 0 radical (unpaired) electrons. The van der Waals surface area contributed by atoms with E-state index >= 15 is 0 Å². The summed E-state index contributed by atoms with van der Waals surface area (Å²) in [7, 11) is 1.71. The Kier molecular flexibility index (Phi) is 6.78. The summed E-state index contributed by atoms with van der Waals surface area (Å²) < 4.78 is 9.03. The average molecular weight is 539 g/mol. The fraction of sp³-hybridized carbons (Fsp3) is 0.174. The van der Waals surface area contributed by atoms with Crippen molar-refractivity contribution >= 4 is 73.8 Å². The zero-order valence-corrected chi connectivity index (χ0v) is 21.3. The molecule has 7 nitrogen and oxygen atoms in total. The van der Waals surface area contributed by atoms with Crippen molar-refractivity contribution < 1.29 is 14.3 Å². The summed E-state index contributed by atoms with van der Waals surface area (Å²) in [6.45, 7) is 3.12. The highest BCUT2D eigenvalue weighted by atomic mass is 35.5. The van der Waals surface area contributed by atoms with E-state index < -0.39 is 23.5 Å². The first kappa shape index (κ1) is 24.3. The highest BCUT2D eigenvalue weighted by Crippen LogP contribution is 2.41. The van der Waals surface area contributed by atoms with Crippen LogP contribution in [0.1, 0.15) is 22.3 Å². The van der Waals surface area contributed by atoms with Gasteiger partial charge in [-0.05, 0) is 38.1 Å². The number of thiophene rings is 1. The van der Waals surface area contributed by atoms with Crippen molar-refractivity contribution in [1.82, 2.24) is 9.36 Å². The maximum Gasteiger partial charge on any atom is 0.350 e. The molecule has 1 amide bonds. The summed E-state index contributed by atoms with van der Waals surface area (Å²) >= 11 is 19.7. The smallest absolute Gasteiger partial charge is 0.350 e. The van der Waals surface area contributed by atoms with Crippen LogP contribution in [0.15, 0.2) is 47.3 Å². The number of nitrogens with zero attached hydrogens (tertiary/aromatic N) is 2. The largest absolute Gasteiger partial charge is 0.448 e. The predicted molar refractivity (Wildman–Crippen MR) is 136 cm³/mol. The molecular weight excluding hydrogens is 521 g/mol. The van der Waals surface area contributed by atoms with E-state index in [9.17, 15) is 14.4 Å². The minimum Gasteiger partial charge on any atom is -0.448 e. The van der Waals surface area contributed by atoms with Gasteiger partial charge in [-0.25, -0.2) is 9.48 Å². The predicted octanol–water partition coefficient (Wildman–Crippen LogP) is 5.84. The topological polar surface area (TPSA) is 82.3 Å². The molecule has 0 aliphatic rings. The number of nitrogens with one attached hydrogen (secondary N) is 1. The van der Waals surface area contributed by atoms with Crippen LogP contribution in [-0.2, 0) is 16.6 Å². The molecule has 0 aliphatic heterocycles. The molecule has 1 atom stereocenters. The van der Waals surface area contributed by atoms with E-state index in [-0.39, 0.29) is 15.6 Å². The summed E-state index contributed by atoms with van der Waals surface area (Å²) in [6.07, 6.45) is -1.20. The summed E-state index contributed by atoms with van der Waals surface area (Å²) in [5.41, 5.74) is 0.883. The van der Waals surface area contributed by atoms with Gasteiger partial charge in [0.1, 0.15) is 10.6 Å². The minimum absolute atomic E-state index is 0.0978. The van der Waals surface area contributed by atoms with Gasteiger partial charge in [0.25, 0.3) is 11.5 Å². The fourth-order valence-electron chi connectivity index (χ4n) is 3.45. The van der Waals surface area contributed by atoms with Crippen molar-refractivity contribution in [2.24, 2.45) is 7.05 Å². The number of halogens is 3. The SMILES string of the molecule is Cc1c(NC(=O)C(C)OC(=O)c2sc3cc(Cl)cc(Cl)c3c2Cl)c(=O)n(-c2ccccc2)n1C. The number of hydrogen-bond donors (Lipinski definition) is 1. The molecule has 0 spiro atoms. The number of rotatable bonds is 5. The van der Waals surface area contributed by atoms with Crippen molar-refractivity contribution in [1.29, 1.82) is 0 Å². The lowest BCUT2D eigenvalue weighted by molar-refractivity contribution is -0.123. The second-order valence-corrected chi connectivity index (χ2v) is 9.75. The molecule has 0 bridgehead atoms. The Hall–Kier alpha value is -2.78. The normalized spacial score (nSPS) is 12.1. The van der Waals surface area contributed by atoms with Crippen LogP contribution < -0.4 is 10.9 Å². The average Bonchev–Trinajstić information content (AvgIpc) is 3.23. The number of ether oxygens (including phenoxy) is 1. The number of anilines is 1. The van der Waals surface area contributed by atoms with E-state index in [4.69, 9.17) is 39.5 Å². The van der Waals surface area contributed by atoms with Gasteiger partial charge in [-0.15, -0.1) is 11.3 Å². The molecule has 1 unspecified atom stereocenters. The molecule has 2 aromatic heterocycles. The highest BCUT2D eigenvalue weighted by molar-refractivity contribution is 7.21. The number of carbonyl (C=O) groups is 2. The Labute approximate surface area is 213 Å². The lowest BCUT2D eigenvalue weighted by Crippen LogP contribution is -2.32. The fourth-order valence-corrected chi connectivity index (χ4v) is 5.70. The lowest BCUT2D eigenvalue weighted by Gasteiger charge is -2.12. The van der Waals surface area contributed by atoms with Gasteiger partial charge in [0.2, 0.25) is 0 Å². The van der Waals surface area contributed by atoms with Crippen molar-refractivity contribution in [3.63, 3.8) is 0 Å². The van der Waals surface area contributed by atoms with Gasteiger partial charge in [0.05, 0.1) is 21.4 Å². The Morgan fingerprint density at radius 3 is 2.47 bits per heavy atom. The maximum atomic E-state index is 13.0. The van der Waals surface area contributed by atoms with E-state index in [1.165, 1.54) is 17.7 Å². The molecule has 0 saturated carbocycles. The van der Waals surface area contributed by atoms with Crippen molar-refractivity contribution in [2.45, 2.75) is 20.0 Å². The van der Waals surface area contributed by atoms with Crippen LogP contribution >= 0.6 is 46.1 Å². The van der Waals surface area contributed by atoms with Crippen LogP contribution in [0.5, 0.6) is 0 Å². The third-order valence-electron chi connectivity index (χ3n) is 5.29. The standard InChI is InChI=1S/C23H18Cl3N3O4S/c1-11-19(22(31)29(28(11)3)14-7-5-4-6-8-14)27-21(30)12(2)33-23(32)20-18(26)17-15(25)9-13(24)10-16(17)34-20/h4-10,12H,1-3H3,(H,27,30). The second kappa shape index (κ2) is 9.46. The van der Waals surface area contributed by atoms with E-state index in [2.05, 4.69) is 5.32 Å². The van der Waals surface area contributed by atoms with Crippen molar-refractivity contribution in [2.75, 3.05) is 5.32 Å². The molecule has 2 heterocycles. The summed E-state index contributed by atoms with van der Waals surface area (Å²) in [5.74, 6) is -1.44. The maximum absolute atomic E-state index is 13.0. The van der Waals surface area contributed by atoms with Crippen LogP contribution in [0, 0.1) is 6.92 Å². The summed E-state index contributed by atoms with van der Waals surface area (Å²) in [4.78, 5) is 38.6. The Balaban J connectivity index is 1.55. The zero-order chi connectivity index (χ0) is 24.7. The molecule has 4 aromatic rings. The molecular formula is C23H18Cl3N3O4S. The van der Waals surface area contributed by atoms with Gasteiger partial charge in [-0.1, -0.05) is 53.0 Å². The Morgan fingerprint density at radius 2 is 1.79 bits per heavy atom. The lowest BCUT2D eigenvalue weighted by atomic mass is 10.2. The zero-order valence-electron chi connectivity index (χ0n) is 18.2. The van der Waals surface area contributed by atoms with Crippen molar-refractivity contribution in [3.05, 3.63) is 78.5 Å². The van der Waals surface area contributed by atoms with E-state index in [0.29, 0.717) is 31.5 Å². The van der Waals surface area contributed by atoms with Crippen LogP contribution in [-0.4, -0.2) is 27.3 Å². The number of hydrogen-bond acceptors (Lipinski definition) is 5. The molecule has 2 aromatic carbocycles. The Bertz CT molecular complexity index is 1490. The van der Waals surface area contributed by atoms with E-state index in [1.54, 1.807) is 36.9 Å². The number of benzene rings is 2. The first-order valence-corrected chi connectivity index (χ1v) is 12.0. The number of para-hydroxylation sites is 1. The molecule has 34 heavy (non-hydrogen) atoms. The number of aromatic nitrogens is 2. The molecule has 0 fully saturated rings. The van der Waals surface area contributed by atoms with Crippen molar-refractivity contribution in [3.8, 4) is 5.69 Å². The molecule has 0 saturated heterocycles. The monoisotopic (exact) mass is 537 g/mol. The number of fused-ring (bicyclic) bond motifs is 1. The van der Waals surface area contributed by atoms with Gasteiger partial charge in [-0.2, -0.15) is 0 Å². The molecule has 11 heteroatoms. The van der Waals surface area contributed by atoms with Crippen LogP contribution in [0.25, 0.3) is 15.8 Å². The van der Waals surface area contributed by atoms with E-state index in [1.807, 2.05) is 18.2 Å². The minimum atomic E-state index is -1.20. The van der Waals surface area contributed by atoms with Crippen LogP contribution in [0.2, 0.25) is 15.1 Å². The number of amides is 1. The molecule has 176 valence electrons. The quantitative estimate of drug-likeness (QED) is 0.324. The van der Waals surface area contributed by atoms with E-state index in [0.717, 1.165) is 11.3 Å². The number of esters is 1.